The molecule has 1 amide bonds. The van der Waals surface area contributed by atoms with Crippen LogP contribution in [0.2, 0.25) is 0 Å². The van der Waals surface area contributed by atoms with Crippen molar-refractivity contribution >= 4 is 38.7 Å². The van der Waals surface area contributed by atoms with Crippen LogP contribution in [0, 0.1) is 0 Å². The first-order chi connectivity index (χ1) is 13.7. The highest BCUT2D eigenvalue weighted by molar-refractivity contribution is 7.20. The quantitative estimate of drug-likeness (QED) is 0.598. The number of nitrogens with zero attached hydrogens (tertiary/aromatic N) is 2. The minimum Gasteiger partial charge on any atom is -0.331 e. The van der Waals surface area contributed by atoms with Crippen LogP contribution in [0.15, 0.2) is 41.9 Å². The average Bonchev–Trinajstić information content (AvgIpc) is 3.37. The first-order valence-corrected chi connectivity index (χ1v) is 11.7. The summed E-state index contributed by atoms with van der Waals surface area (Å²) in [4.78, 5) is 23.8. The topological polar surface area (TPSA) is 42.1 Å². The van der Waals surface area contributed by atoms with E-state index in [4.69, 9.17) is 0 Å². The van der Waals surface area contributed by atoms with Crippen molar-refractivity contribution in [3.05, 3.63) is 51.8 Å². The molecule has 28 heavy (non-hydrogen) atoms. The molecule has 1 aromatic carbocycles. The molecule has 5 nitrogen and oxygen atoms in total. The molecule has 0 bridgehead atoms. The third-order valence-electron chi connectivity index (χ3n) is 5.50. The van der Waals surface area contributed by atoms with Gasteiger partial charge >= 0.3 is 0 Å². The van der Waals surface area contributed by atoms with E-state index >= 15 is 0 Å². The van der Waals surface area contributed by atoms with Gasteiger partial charge in [0.1, 0.15) is 31.2 Å². The maximum atomic E-state index is 13.3. The van der Waals surface area contributed by atoms with Crippen LogP contribution in [-0.2, 0) is 6.54 Å². The van der Waals surface area contributed by atoms with Crippen molar-refractivity contribution in [2.24, 2.45) is 0 Å². The van der Waals surface area contributed by atoms with Crippen LogP contribution >= 0.6 is 22.7 Å². The second-order valence-electron chi connectivity index (χ2n) is 7.61. The molecule has 2 N–H and O–H groups in total. The summed E-state index contributed by atoms with van der Waals surface area (Å²) in [5.74, 6) is 0.134. The Morgan fingerprint density at radius 2 is 2.04 bits per heavy atom. The molecule has 1 aliphatic rings. The number of amides is 1. The fourth-order valence-electron chi connectivity index (χ4n) is 3.79. The van der Waals surface area contributed by atoms with Crippen LogP contribution in [0.4, 0.5) is 0 Å². The van der Waals surface area contributed by atoms with Crippen LogP contribution in [-0.4, -0.2) is 62.1 Å². The van der Waals surface area contributed by atoms with E-state index < -0.39 is 0 Å². The number of aromatic nitrogens is 1. The van der Waals surface area contributed by atoms with Crippen LogP contribution < -0.4 is 9.80 Å². The highest BCUT2D eigenvalue weighted by Crippen LogP contribution is 2.27. The number of rotatable bonds is 7. The summed E-state index contributed by atoms with van der Waals surface area (Å²) >= 11 is 3.21. The molecule has 0 saturated carbocycles. The van der Waals surface area contributed by atoms with Gasteiger partial charge in [-0.05, 0) is 17.5 Å². The average molecular weight is 417 g/mol. The van der Waals surface area contributed by atoms with Crippen LogP contribution in [0.25, 0.3) is 10.1 Å². The lowest BCUT2D eigenvalue weighted by molar-refractivity contribution is -1.00. The van der Waals surface area contributed by atoms with Crippen molar-refractivity contribution in [1.82, 2.24) is 9.88 Å². The summed E-state index contributed by atoms with van der Waals surface area (Å²) in [6, 6.07) is 10.2. The van der Waals surface area contributed by atoms with Gasteiger partial charge in [-0.1, -0.05) is 18.2 Å². The molecular formula is C21H28N4OS2+2. The Balaban J connectivity index is 1.42. The number of nitrogens with one attached hydrogen (secondary N) is 2. The number of piperazine rings is 1. The first-order valence-electron chi connectivity index (χ1n) is 10.00. The minimum absolute atomic E-state index is 0.134. The van der Waals surface area contributed by atoms with Gasteiger partial charge in [0.25, 0.3) is 5.91 Å². The number of thiophene rings is 1. The Morgan fingerprint density at radius 3 is 2.79 bits per heavy atom. The number of carbonyl (C=O) groups is 1. The molecule has 1 fully saturated rings. The van der Waals surface area contributed by atoms with Crippen LogP contribution in [0.5, 0.6) is 0 Å². The highest BCUT2D eigenvalue weighted by Gasteiger charge is 2.22. The zero-order valence-corrected chi connectivity index (χ0v) is 18.0. The Kier molecular flexibility index (Phi) is 6.36. The molecule has 0 unspecified atom stereocenters. The van der Waals surface area contributed by atoms with E-state index in [-0.39, 0.29) is 5.91 Å². The van der Waals surface area contributed by atoms with Gasteiger partial charge in [0, 0.05) is 29.2 Å². The molecule has 2 aromatic heterocycles. The van der Waals surface area contributed by atoms with E-state index in [0.717, 1.165) is 34.8 Å². The number of hydrogen-bond acceptors (Lipinski definition) is 4. The molecule has 7 heteroatoms. The zero-order chi connectivity index (χ0) is 19.3. The summed E-state index contributed by atoms with van der Waals surface area (Å²) in [5, 5.41) is 4.13. The molecule has 3 aromatic rings. The first kappa shape index (κ1) is 19.5. The minimum atomic E-state index is 0.134. The number of likely N-dealkylation sites (N-methyl/N-ethyl adjacent to an activating group) is 1. The smallest absolute Gasteiger partial charge is 0.264 e. The van der Waals surface area contributed by atoms with E-state index in [1.165, 1.54) is 30.9 Å². The van der Waals surface area contributed by atoms with Gasteiger partial charge in [-0.2, -0.15) is 0 Å². The normalized spacial score (nSPS) is 19.8. The van der Waals surface area contributed by atoms with Gasteiger partial charge in [-0.25, -0.2) is 4.98 Å². The second kappa shape index (κ2) is 9.13. The molecule has 0 atom stereocenters. The standard InChI is InChI=1S/C21H26N4OS2/c1-23-10-12-24(13-11-23)8-4-9-25(16-20-22-7-14-27-20)21(26)19-15-17-5-2-3-6-18(17)28-19/h2-3,5-7,14-15H,4,8-13,16H2,1H3/p+2. The van der Waals surface area contributed by atoms with Crippen LogP contribution in [0.1, 0.15) is 21.1 Å². The summed E-state index contributed by atoms with van der Waals surface area (Å²) < 4.78 is 1.17. The fraction of sp³-hybridized carbons (Fsp3) is 0.429. The Bertz CT molecular complexity index is 867. The number of fused-ring (bicyclic) bond motifs is 1. The maximum Gasteiger partial charge on any atom is 0.264 e. The van der Waals surface area contributed by atoms with E-state index in [2.05, 4.69) is 24.2 Å². The van der Waals surface area contributed by atoms with E-state index in [9.17, 15) is 4.79 Å². The van der Waals surface area contributed by atoms with Crippen LogP contribution in [0.3, 0.4) is 0 Å². The fourth-order valence-corrected chi connectivity index (χ4v) is 5.45. The molecule has 0 aliphatic carbocycles. The SMILES string of the molecule is C[NH+]1CC[NH+](CCCN(Cc2nccs2)C(=O)c2cc3ccccc3s2)CC1. The van der Waals surface area contributed by atoms with E-state index in [1.54, 1.807) is 32.5 Å². The van der Waals surface area contributed by atoms with Gasteiger partial charge < -0.3 is 14.7 Å². The predicted molar refractivity (Wildman–Crippen MR) is 115 cm³/mol. The second-order valence-corrected chi connectivity index (χ2v) is 9.67. The number of thiazole rings is 1. The molecule has 0 radical (unpaired) electrons. The third-order valence-corrected chi connectivity index (χ3v) is 7.37. The monoisotopic (exact) mass is 416 g/mol. The molecule has 1 aliphatic heterocycles. The number of hydrogen-bond donors (Lipinski definition) is 2. The van der Waals surface area contributed by atoms with E-state index in [0.29, 0.717) is 6.54 Å². The Morgan fingerprint density at radius 1 is 1.21 bits per heavy atom. The maximum absolute atomic E-state index is 13.3. The lowest BCUT2D eigenvalue weighted by atomic mass is 10.2. The summed E-state index contributed by atoms with van der Waals surface area (Å²) in [6.45, 7) is 7.51. The van der Waals surface area contributed by atoms with Gasteiger partial charge in [-0.3, -0.25) is 4.79 Å². The van der Waals surface area contributed by atoms with Gasteiger partial charge in [0.15, 0.2) is 0 Å². The molecular weight excluding hydrogens is 388 g/mol. The number of benzene rings is 1. The van der Waals surface area contributed by atoms with Gasteiger partial charge in [0.05, 0.1) is 25.0 Å². The predicted octanol–water partition coefficient (Wildman–Crippen LogP) is 0.804. The highest BCUT2D eigenvalue weighted by atomic mass is 32.1. The summed E-state index contributed by atoms with van der Waals surface area (Å²) in [7, 11) is 2.27. The van der Waals surface area contributed by atoms with Gasteiger partial charge in [-0.15, -0.1) is 22.7 Å². The van der Waals surface area contributed by atoms with Crippen molar-refractivity contribution in [3.63, 3.8) is 0 Å². The zero-order valence-electron chi connectivity index (χ0n) is 16.3. The Labute approximate surface area is 174 Å². The largest absolute Gasteiger partial charge is 0.331 e. The van der Waals surface area contributed by atoms with Crippen molar-refractivity contribution in [2.45, 2.75) is 13.0 Å². The molecule has 148 valence electrons. The molecule has 0 spiro atoms. The van der Waals surface area contributed by atoms with Crippen molar-refractivity contribution in [3.8, 4) is 0 Å². The number of quaternary nitrogens is 2. The lowest BCUT2D eigenvalue weighted by Gasteiger charge is -2.28. The molecule has 1 saturated heterocycles. The molecule has 4 rings (SSSR count). The van der Waals surface area contributed by atoms with Gasteiger partial charge in [0.2, 0.25) is 0 Å². The van der Waals surface area contributed by atoms with Crippen molar-refractivity contribution in [2.75, 3.05) is 46.3 Å². The van der Waals surface area contributed by atoms with Crippen molar-refractivity contribution in [1.29, 1.82) is 0 Å². The van der Waals surface area contributed by atoms with Crippen molar-refractivity contribution < 1.29 is 14.6 Å². The van der Waals surface area contributed by atoms with E-state index in [1.807, 2.05) is 34.7 Å². The molecule has 3 heterocycles. The number of carbonyl (C=O) groups excluding carboxylic acids is 1. The summed E-state index contributed by atoms with van der Waals surface area (Å²) in [5.41, 5.74) is 0. The lowest BCUT2D eigenvalue weighted by Crippen LogP contribution is -3.27. The summed E-state index contributed by atoms with van der Waals surface area (Å²) in [6.07, 6.45) is 2.86. The Hall–Kier alpha value is -1.80. The third kappa shape index (κ3) is 4.78.